The van der Waals surface area contributed by atoms with E-state index in [9.17, 15) is 18.4 Å². The van der Waals surface area contributed by atoms with Gasteiger partial charge in [0.2, 0.25) is 0 Å². The number of pyridine rings is 1. The van der Waals surface area contributed by atoms with Gasteiger partial charge in [-0.05, 0) is 13.8 Å². The molecule has 0 aromatic carbocycles. The van der Waals surface area contributed by atoms with Crippen LogP contribution < -0.4 is 9.64 Å². The topological polar surface area (TPSA) is 52.4 Å². The third-order valence-electron chi connectivity index (χ3n) is 4.65. The summed E-state index contributed by atoms with van der Waals surface area (Å²) in [5.74, 6) is 0.318. The summed E-state index contributed by atoms with van der Waals surface area (Å²) in [5.41, 5.74) is -1.51. The van der Waals surface area contributed by atoms with Gasteiger partial charge in [0.15, 0.2) is 11.6 Å². The normalized spacial score (nSPS) is 21.5. The lowest BCUT2D eigenvalue weighted by molar-refractivity contribution is -0.138. The van der Waals surface area contributed by atoms with Crippen LogP contribution in [0.4, 0.5) is 19.0 Å². The van der Waals surface area contributed by atoms with Crippen LogP contribution in [0.15, 0.2) is 6.20 Å². The van der Waals surface area contributed by atoms with E-state index in [4.69, 9.17) is 4.74 Å². The van der Waals surface area contributed by atoms with Crippen LogP contribution in [0.1, 0.15) is 31.4 Å². The number of ether oxygens (including phenoxy) is 1. The number of nitrogens with zero attached hydrogens (tertiary/aromatic N) is 4. The Balaban J connectivity index is 2.02. The fourth-order valence-corrected chi connectivity index (χ4v) is 3.32. The molecule has 3 heterocycles. The number of hydrogen-bond acceptors (Lipinski definition) is 5. The van der Waals surface area contributed by atoms with Crippen LogP contribution in [-0.2, 0) is 6.18 Å². The molecular weight excluding hydrogens is 321 g/mol. The molecule has 0 N–H and O–H groups in total. The number of nitriles is 1. The second-order valence-corrected chi connectivity index (χ2v) is 6.38. The SMILES string of the molecule is CC(C)N1CCN2c3ncc(C(F)(F)F)c(C#N)c3OCC[C@H]2C1. The van der Waals surface area contributed by atoms with Crippen LogP contribution >= 0.6 is 0 Å². The van der Waals surface area contributed by atoms with Crippen LogP contribution in [0.3, 0.4) is 0 Å². The molecule has 0 saturated carbocycles. The zero-order valence-electron chi connectivity index (χ0n) is 13.6. The lowest BCUT2D eigenvalue weighted by Crippen LogP contribution is -2.55. The van der Waals surface area contributed by atoms with E-state index in [2.05, 4.69) is 23.7 Å². The molecule has 1 atom stereocenters. The maximum atomic E-state index is 13.1. The van der Waals surface area contributed by atoms with Crippen molar-refractivity contribution in [2.24, 2.45) is 0 Å². The molecule has 1 fully saturated rings. The Hall–Kier alpha value is -2.01. The number of aromatic nitrogens is 1. The summed E-state index contributed by atoms with van der Waals surface area (Å²) < 4.78 is 44.9. The van der Waals surface area contributed by atoms with Crippen molar-refractivity contribution in [3.8, 4) is 11.8 Å². The van der Waals surface area contributed by atoms with Crippen LogP contribution in [0.5, 0.6) is 5.75 Å². The predicted molar refractivity (Wildman–Crippen MR) is 81.9 cm³/mol. The molecular formula is C16H19F3N4O. The fraction of sp³-hybridized carbons (Fsp3) is 0.625. The van der Waals surface area contributed by atoms with E-state index in [1.807, 2.05) is 4.90 Å². The molecule has 0 spiro atoms. The van der Waals surface area contributed by atoms with Gasteiger partial charge in [0, 0.05) is 44.3 Å². The number of halogens is 3. The first-order valence-corrected chi connectivity index (χ1v) is 7.96. The summed E-state index contributed by atoms with van der Waals surface area (Å²) >= 11 is 0. The third-order valence-corrected chi connectivity index (χ3v) is 4.65. The van der Waals surface area contributed by atoms with Gasteiger partial charge >= 0.3 is 6.18 Å². The van der Waals surface area contributed by atoms with E-state index in [1.54, 1.807) is 6.07 Å². The molecule has 1 saturated heterocycles. The summed E-state index contributed by atoms with van der Waals surface area (Å²) in [4.78, 5) is 8.34. The highest BCUT2D eigenvalue weighted by Crippen LogP contribution is 2.41. The third kappa shape index (κ3) is 2.88. The zero-order valence-corrected chi connectivity index (χ0v) is 13.6. The molecule has 1 aromatic heterocycles. The van der Waals surface area contributed by atoms with E-state index in [-0.39, 0.29) is 18.4 Å². The molecule has 8 heteroatoms. The molecule has 1 aromatic rings. The van der Waals surface area contributed by atoms with Gasteiger partial charge in [0.25, 0.3) is 0 Å². The summed E-state index contributed by atoms with van der Waals surface area (Å²) in [7, 11) is 0. The van der Waals surface area contributed by atoms with Gasteiger partial charge in [0.05, 0.1) is 12.2 Å². The number of hydrogen-bond donors (Lipinski definition) is 0. The molecule has 5 nitrogen and oxygen atoms in total. The molecule has 0 radical (unpaired) electrons. The molecule has 2 aliphatic heterocycles. The Morgan fingerprint density at radius 2 is 2.12 bits per heavy atom. The second kappa shape index (κ2) is 6.13. The van der Waals surface area contributed by atoms with Gasteiger partial charge in [0.1, 0.15) is 11.6 Å². The maximum Gasteiger partial charge on any atom is 0.419 e. The van der Waals surface area contributed by atoms with E-state index in [0.29, 0.717) is 24.8 Å². The Morgan fingerprint density at radius 1 is 1.38 bits per heavy atom. The molecule has 0 aliphatic carbocycles. The van der Waals surface area contributed by atoms with Crippen molar-refractivity contribution in [2.75, 3.05) is 31.1 Å². The van der Waals surface area contributed by atoms with E-state index >= 15 is 0 Å². The van der Waals surface area contributed by atoms with Gasteiger partial charge in [-0.2, -0.15) is 18.4 Å². The first-order chi connectivity index (χ1) is 11.3. The average Bonchev–Trinajstić information content (AvgIpc) is 2.71. The van der Waals surface area contributed by atoms with Crippen molar-refractivity contribution in [1.29, 1.82) is 5.26 Å². The number of rotatable bonds is 1. The van der Waals surface area contributed by atoms with Crippen LogP contribution in [0, 0.1) is 11.3 Å². The van der Waals surface area contributed by atoms with E-state index in [0.717, 1.165) is 19.3 Å². The predicted octanol–water partition coefficient (Wildman–Crippen LogP) is 2.65. The van der Waals surface area contributed by atoms with Gasteiger partial charge in [-0.25, -0.2) is 4.98 Å². The Morgan fingerprint density at radius 3 is 2.75 bits per heavy atom. The molecule has 0 amide bonds. The van der Waals surface area contributed by atoms with Gasteiger partial charge in [-0.3, -0.25) is 4.90 Å². The van der Waals surface area contributed by atoms with Gasteiger partial charge in [-0.15, -0.1) is 0 Å². The Bertz CT molecular complexity index is 669. The molecule has 3 rings (SSSR count). The highest BCUT2D eigenvalue weighted by Gasteiger charge is 2.40. The van der Waals surface area contributed by atoms with Gasteiger partial charge < -0.3 is 9.64 Å². The molecule has 0 unspecified atom stereocenters. The van der Waals surface area contributed by atoms with Crippen LogP contribution in [0.2, 0.25) is 0 Å². The number of piperazine rings is 1. The number of fused-ring (bicyclic) bond motifs is 3. The summed E-state index contributed by atoms with van der Waals surface area (Å²) in [6.07, 6.45) is -3.19. The van der Waals surface area contributed by atoms with Crippen molar-refractivity contribution >= 4 is 5.82 Å². The number of anilines is 1. The Labute approximate surface area is 138 Å². The minimum absolute atomic E-state index is 0.0344. The fourth-order valence-electron chi connectivity index (χ4n) is 3.32. The second-order valence-electron chi connectivity index (χ2n) is 6.38. The standard InChI is InChI=1S/C16H19F3N4O/c1-10(2)22-4-5-23-11(9-22)3-6-24-14-12(7-20)13(16(17,18)19)8-21-15(14)23/h8,10-11H,3-6,9H2,1-2H3/t11-/m0/s1. The molecule has 130 valence electrons. The number of alkyl halides is 3. The van der Waals surface area contributed by atoms with Crippen molar-refractivity contribution in [3.05, 3.63) is 17.3 Å². The van der Waals surface area contributed by atoms with Crippen molar-refractivity contribution in [3.63, 3.8) is 0 Å². The minimum atomic E-state index is -4.63. The van der Waals surface area contributed by atoms with E-state index in [1.165, 1.54) is 0 Å². The van der Waals surface area contributed by atoms with Crippen molar-refractivity contribution in [1.82, 2.24) is 9.88 Å². The highest BCUT2D eigenvalue weighted by molar-refractivity contribution is 5.64. The smallest absolute Gasteiger partial charge is 0.419 e. The van der Waals surface area contributed by atoms with Gasteiger partial charge in [-0.1, -0.05) is 0 Å². The van der Waals surface area contributed by atoms with Crippen molar-refractivity contribution < 1.29 is 17.9 Å². The summed E-state index contributed by atoms with van der Waals surface area (Å²) in [5, 5.41) is 9.26. The molecule has 2 aliphatic rings. The average molecular weight is 340 g/mol. The first kappa shape index (κ1) is 16.8. The zero-order chi connectivity index (χ0) is 17.5. The molecule has 0 bridgehead atoms. The van der Waals surface area contributed by atoms with Crippen molar-refractivity contribution in [2.45, 2.75) is 38.5 Å². The van der Waals surface area contributed by atoms with Crippen LogP contribution in [0.25, 0.3) is 0 Å². The summed E-state index contributed by atoms with van der Waals surface area (Å²) in [6, 6.07) is 2.19. The lowest BCUT2D eigenvalue weighted by Gasteiger charge is -2.42. The van der Waals surface area contributed by atoms with E-state index < -0.39 is 17.3 Å². The maximum absolute atomic E-state index is 13.1. The lowest BCUT2D eigenvalue weighted by atomic mass is 10.1. The molecule has 24 heavy (non-hydrogen) atoms. The highest BCUT2D eigenvalue weighted by atomic mass is 19.4. The monoisotopic (exact) mass is 340 g/mol. The first-order valence-electron chi connectivity index (χ1n) is 7.96. The quantitative estimate of drug-likeness (QED) is 0.787. The Kier molecular flexibility index (Phi) is 4.30. The minimum Gasteiger partial charge on any atom is -0.488 e. The largest absolute Gasteiger partial charge is 0.488 e. The summed E-state index contributed by atoms with van der Waals surface area (Å²) in [6.45, 7) is 6.79. The van der Waals surface area contributed by atoms with Crippen LogP contribution in [-0.4, -0.2) is 48.2 Å².